The van der Waals surface area contributed by atoms with Crippen molar-refractivity contribution in [2.75, 3.05) is 25.1 Å². The van der Waals surface area contributed by atoms with Crippen molar-refractivity contribution < 1.29 is 22.7 Å². The highest BCUT2D eigenvalue weighted by Gasteiger charge is 2.27. The Bertz CT molecular complexity index is 1210. The Morgan fingerprint density at radius 1 is 0.848 bits per heavy atom. The van der Waals surface area contributed by atoms with E-state index in [1.165, 1.54) is 7.11 Å². The van der Waals surface area contributed by atoms with Gasteiger partial charge in [0.25, 0.3) is 10.0 Å². The number of carbonyl (C=O) groups is 1. The molecule has 1 amide bonds. The molecule has 0 aromatic heterocycles. The summed E-state index contributed by atoms with van der Waals surface area (Å²) in [5, 5.41) is 2.79. The fourth-order valence-corrected chi connectivity index (χ4v) is 4.66. The van der Waals surface area contributed by atoms with Gasteiger partial charge in [0.2, 0.25) is 5.91 Å². The zero-order valence-corrected chi connectivity index (χ0v) is 20.0. The van der Waals surface area contributed by atoms with E-state index in [-0.39, 0.29) is 18.0 Å². The first-order valence-corrected chi connectivity index (χ1v) is 11.8. The van der Waals surface area contributed by atoms with Crippen LogP contribution in [0.1, 0.15) is 16.7 Å². The standard InChI is InChI=1S/C25H28N2O5S/c1-18-5-10-21(11-6-18)27(33(29,30)22-12-7-19(2)8-13-22)17-25(28)26-16-20-9-14-23(31-3)24(15-20)32-4/h5-15H,16-17H2,1-4H3,(H,26,28). The summed E-state index contributed by atoms with van der Waals surface area (Å²) in [6.45, 7) is 3.66. The fraction of sp³-hybridized carbons (Fsp3) is 0.240. The number of nitrogens with one attached hydrogen (secondary N) is 1. The van der Waals surface area contributed by atoms with E-state index in [9.17, 15) is 13.2 Å². The minimum Gasteiger partial charge on any atom is -0.493 e. The van der Waals surface area contributed by atoms with Crippen LogP contribution in [0.4, 0.5) is 5.69 Å². The summed E-state index contributed by atoms with van der Waals surface area (Å²) >= 11 is 0. The molecule has 0 atom stereocenters. The summed E-state index contributed by atoms with van der Waals surface area (Å²) in [7, 11) is -0.859. The molecule has 0 spiro atoms. The molecule has 0 aliphatic heterocycles. The van der Waals surface area contributed by atoms with Gasteiger partial charge in [0.05, 0.1) is 24.8 Å². The van der Waals surface area contributed by atoms with Crippen molar-refractivity contribution in [2.24, 2.45) is 0 Å². The van der Waals surface area contributed by atoms with Gasteiger partial charge in [0.15, 0.2) is 11.5 Å². The average Bonchev–Trinajstić information content (AvgIpc) is 2.81. The Labute approximate surface area is 195 Å². The van der Waals surface area contributed by atoms with Crippen molar-refractivity contribution in [1.82, 2.24) is 5.32 Å². The van der Waals surface area contributed by atoms with Crippen LogP contribution in [0.15, 0.2) is 71.6 Å². The van der Waals surface area contributed by atoms with Crippen LogP contribution >= 0.6 is 0 Å². The number of sulfonamides is 1. The highest BCUT2D eigenvalue weighted by molar-refractivity contribution is 7.92. The maximum atomic E-state index is 13.4. The molecule has 0 heterocycles. The first-order chi connectivity index (χ1) is 15.7. The summed E-state index contributed by atoms with van der Waals surface area (Å²) in [5.41, 5.74) is 3.15. The summed E-state index contributed by atoms with van der Waals surface area (Å²) in [6.07, 6.45) is 0. The van der Waals surface area contributed by atoms with Gasteiger partial charge in [-0.15, -0.1) is 0 Å². The number of rotatable bonds is 9. The van der Waals surface area contributed by atoms with E-state index in [4.69, 9.17) is 9.47 Å². The van der Waals surface area contributed by atoms with Gasteiger partial charge in [-0.05, 0) is 55.8 Å². The molecule has 3 rings (SSSR count). The van der Waals surface area contributed by atoms with Crippen LogP contribution in [-0.2, 0) is 21.4 Å². The predicted molar refractivity (Wildman–Crippen MR) is 128 cm³/mol. The minimum absolute atomic E-state index is 0.126. The second kappa shape index (κ2) is 10.4. The summed E-state index contributed by atoms with van der Waals surface area (Å²) in [5.74, 6) is 0.704. The second-order valence-electron chi connectivity index (χ2n) is 7.63. The Kier molecular flexibility index (Phi) is 7.60. The number of hydrogen-bond acceptors (Lipinski definition) is 5. The normalized spacial score (nSPS) is 11.0. The van der Waals surface area contributed by atoms with Crippen LogP contribution in [-0.4, -0.2) is 35.1 Å². The van der Waals surface area contributed by atoms with Crippen LogP contribution in [0, 0.1) is 13.8 Å². The molecule has 0 unspecified atom stereocenters. The van der Waals surface area contributed by atoms with Crippen LogP contribution in [0.2, 0.25) is 0 Å². The quantitative estimate of drug-likeness (QED) is 0.516. The number of ether oxygens (including phenoxy) is 2. The molecule has 3 aromatic rings. The van der Waals surface area contributed by atoms with Gasteiger partial charge in [-0.1, -0.05) is 41.5 Å². The predicted octanol–water partition coefficient (Wildman–Crippen LogP) is 3.83. The highest BCUT2D eigenvalue weighted by atomic mass is 32.2. The van der Waals surface area contributed by atoms with Gasteiger partial charge in [0.1, 0.15) is 6.54 Å². The lowest BCUT2D eigenvalue weighted by Crippen LogP contribution is -2.40. The van der Waals surface area contributed by atoms with Crippen molar-refractivity contribution in [1.29, 1.82) is 0 Å². The third kappa shape index (κ3) is 5.84. The maximum Gasteiger partial charge on any atom is 0.264 e. The molecule has 33 heavy (non-hydrogen) atoms. The van der Waals surface area contributed by atoms with E-state index < -0.39 is 15.9 Å². The van der Waals surface area contributed by atoms with E-state index in [0.717, 1.165) is 21.0 Å². The largest absolute Gasteiger partial charge is 0.493 e. The highest BCUT2D eigenvalue weighted by Crippen LogP contribution is 2.28. The lowest BCUT2D eigenvalue weighted by Gasteiger charge is -2.24. The molecule has 0 fully saturated rings. The van der Waals surface area contributed by atoms with Gasteiger partial charge in [-0.25, -0.2) is 8.42 Å². The smallest absolute Gasteiger partial charge is 0.264 e. The number of carbonyl (C=O) groups excluding carboxylic acids is 1. The monoisotopic (exact) mass is 468 g/mol. The molecule has 0 bridgehead atoms. The molecule has 0 saturated carbocycles. The molecular formula is C25H28N2O5S. The van der Waals surface area contributed by atoms with Gasteiger partial charge in [-0.2, -0.15) is 0 Å². The SMILES string of the molecule is COc1ccc(CNC(=O)CN(c2ccc(C)cc2)S(=O)(=O)c2ccc(C)cc2)cc1OC. The van der Waals surface area contributed by atoms with Crippen LogP contribution < -0.4 is 19.1 Å². The fourth-order valence-electron chi connectivity index (χ4n) is 3.24. The van der Waals surface area contributed by atoms with Crippen LogP contribution in [0.25, 0.3) is 0 Å². The Morgan fingerprint density at radius 2 is 1.42 bits per heavy atom. The first kappa shape index (κ1) is 24.1. The number of methoxy groups -OCH3 is 2. The van der Waals surface area contributed by atoms with Crippen molar-refractivity contribution in [3.05, 3.63) is 83.4 Å². The zero-order valence-electron chi connectivity index (χ0n) is 19.2. The third-order valence-electron chi connectivity index (χ3n) is 5.16. The molecule has 0 saturated heterocycles. The van der Waals surface area contributed by atoms with Crippen molar-refractivity contribution in [3.8, 4) is 11.5 Å². The number of aryl methyl sites for hydroxylation is 2. The maximum absolute atomic E-state index is 13.4. The minimum atomic E-state index is -3.95. The van der Waals surface area contributed by atoms with Crippen molar-refractivity contribution >= 4 is 21.6 Å². The first-order valence-electron chi connectivity index (χ1n) is 10.4. The van der Waals surface area contributed by atoms with Crippen LogP contribution in [0.3, 0.4) is 0 Å². The third-order valence-corrected chi connectivity index (χ3v) is 6.94. The van der Waals surface area contributed by atoms with Crippen molar-refractivity contribution in [2.45, 2.75) is 25.3 Å². The van der Waals surface area contributed by atoms with E-state index in [0.29, 0.717) is 17.2 Å². The number of benzene rings is 3. The van der Waals surface area contributed by atoms with E-state index in [1.807, 2.05) is 32.0 Å². The summed E-state index contributed by atoms with van der Waals surface area (Å²) in [4.78, 5) is 12.9. The van der Waals surface area contributed by atoms with Gasteiger partial charge >= 0.3 is 0 Å². The molecule has 0 aliphatic rings. The second-order valence-corrected chi connectivity index (χ2v) is 9.49. The molecule has 0 radical (unpaired) electrons. The lowest BCUT2D eigenvalue weighted by molar-refractivity contribution is -0.119. The Balaban J connectivity index is 1.82. The number of nitrogens with zero attached hydrogens (tertiary/aromatic N) is 1. The average molecular weight is 469 g/mol. The summed E-state index contributed by atoms with van der Waals surface area (Å²) in [6, 6.07) is 18.9. The lowest BCUT2D eigenvalue weighted by atomic mass is 10.2. The molecular weight excluding hydrogens is 440 g/mol. The van der Waals surface area contributed by atoms with Gasteiger partial charge < -0.3 is 14.8 Å². The van der Waals surface area contributed by atoms with Gasteiger partial charge in [0, 0.05) is 6.54 Å². The van der Waals surface area contributed by atoms with E-state index >= 15 is 0 Å². The molecule has 174 valence electrons. The number of anilines is 1. The van der Waals surface area contributed by atoms with Crippen molar-refractivity contribution in [3.63, 3.8) is 0 Å². The van der Waals surface area contributed by atoms with Gasteiger partial charge in [-0.3, -0.25) is 9.10 Å². The molecule has 8 heteroatoms. The number of amides is 1. The van der Waals surface area contributed by atoms with Crippen LogP contribution in [0.5, 0.6) is 11.5 Å². The van der Waals surface area contributed by atoms with E-state index in [1.54, 1.807) is 55.6 Å². The molecule has 3 aromatic carbocycles. The topological polar surface area (TPSA) is 84.9 Å². The summed E-state index contributed by atoms with van der Waals surface area (Å²) < 4.78 is 38.5. The Hall–Kier alpha value is -3.52. The van der Waals surface area contributed by atoms with E-state index in [2.05, 4.69) is 5.32 Å². The molecule has 0 aliphatic carbocycles. The Morgan fingerprint density at radius 3 is 2.00 bits per heavy atom. The number of hydrogen-bond donors (Lipinski definition) is 1. The molecule has 1 N–H and O–H groups in total. The molecule has 7 nitrogen and oxygen atoms in total. The zero-order chi connectivity index (χ0) is 24.0.